The summed E-state index contributed by atoms with van der Waals surface area (Å²) in [4.78, 5) is 0. The van der Waals surface area contributed by atoms with E-state index in [1.807, 2.05) is 0 Å². The molecule has 104 valence electrons. The van der Waals surface area contributed by atoms with Crippen molar-refractivity contribution in [3.63, 3.8) is 0 Å². The normalized spacial score (nSPS) is 20.4. The van der Waals surface area contributed by atoms with E-state index in [0.29, 0.717) is 0 Å². The third-order valence-electron chi connectivity index (χ3n) is 4.45. The third-order valence-corrected chi connectivity index (χ3v) is 4.45. The van der Waals surface area contributed by atoms with Gasteiger partial charge in [-0.2, -0.15) is 0 Å². The minimum absolute atomic E-state index is 0.727. The van der Waals surface area contributed by atoms with Gasteiger partial charge in [0, 0.05) is 19.0 Å². The molecule has 1 heterocycles. The number of nitrogens with one attached hydrogen (secondary N) is 1. The fraction of sp³-hybridized carbons (Fsp3) is 0.647. The lowest BCUT2D eigenvalue weighted by atomic mass is 9.96. The fourth-order valence-corrected chi connectivity index (χ4v) is 3.27. The smallest absolute Gasteiger partial charge is 0.122 e. The van der Waals surface area contributed by atoms with Crippen LogP contribution in [-0.2, 0) is 13.0 Å². The van der Waals surface area contributed by atoms with Gasteiger partial charge in [-0.3, -0.25) is 0 Å². The van der Waals surface area contributed by atoms with E-state index in [2.05, 4.69) is 23.5 Å². The van der Waals surface area contributed by atoms with Crippen LogP contribution >= 0.6 is 0 Å². The maximum absolute atomic E-state index is 5.56. The Morgan fingerprint density at radius 3 is 2.68 bits per heavy atom. The number of benzene rings is 1. The molecule has 0 bridgehead atoms. The van der Waals surface area contributed by atoms with Crippen LogP contribution in [0.3, 0.4) is 0 Å². The first-order chi connectivity index (χ1) is 9.42. The SMILES string of the molecule is c1cc2c(cc1CNC1CCCCCCC1)CCO2. The molecule has 0 atom stereocenters. The van der Waals surface area contributed by atoms with E-state index in [0.717, 1.165) is 31.4 Å². The van der Waals surface area contributed by atoms with Crippen LogP contribution in [0.4, 0.5) is 0 Å². The van der Waals surface area contributed by atoms with Crippen LogP contribution in [0.1, 0.15) is 56.1 Å². The van der Waals surface area contributed by atoms with Crippen molar-refractivity contribution in [3.05, 3.63) is 29.3 Å². The molecule has 1 N–H and O–H groups in total. The number of hydrogen-bond acceptors (Lipinski definition) is 2. The van der Waals surface area contributed by atoms with Gasteiger partial charge in [-0.25, -0.2) is 0 Å². The summed E-state index contributed by atoms with van der Waals surface area (Å²) in [6.45, 7) is 1.87. The first-order valence-electron chi connectivity index (χ1n) is 7.90. The van der Waals surface area contributed by atoms with Crippen molar-refractivity contribution in [1.82, 2.24) is 5.32 Å². The van der Waals surface area contributed by atoms with E-state index in [9.17, 15) is 0 Å². The van der Waals surface area contributed by atoms with Gasteiger partial charge in [0.05, 0.1) is 6.61 Å². The van der Waals surface area contributed by atoms with Crippen LogP contribution in [0.2, 0.25) is 0 Å². The van der Waals surface area contributed by atoms with Gasteiger partial charge in [0.25, 0.3) is 0 Å². The zero-order chi connectivity index (χ0) is 12.9. The fourth-order valence-electron chi connectivity index (χ4n) is 3.27. The Morgan fingerprint density at radius 2 is 1.84 bits per heavy atom. The summed E-state index contributed by atoms with van der Waals surface area (Å²) in [6, 6.07) is 7.39. The minimum atomic E-state index is 0.727. The monoisotopic (exact) mass is 259 g/mol. The average Bonchev–Trinajstić information content (AvgIpc) is 2.84. The maximum Gasteiger partial charge on any atom is 0.122 e. The van der Waals surface area contributed by atoms with Crippen molar-refractivity contribution in [3.8, 4) is 5.75 Å². The highest BCUT2D eigenvalue weighted by Crippen LogP contribution is 2.26. The molecule has 0 radical (unpaired) electrons. The van der Waals surface area contributed by atoms with Crippen LogP contribution in [0, 0.1) is 0 Å². The Bertz CT molecular complexity index is 408. The van der Waals surface area contributed by atoms with Crippen molar-refractivity contribution in [2.75, 3.05) is 6.61 Å². The first kappa shape index (κ1) is 13.0. The largest absolute Gasteiger partial charge is 0.493 e. The van der Waals surface area contributed by atoms with Crippen molar-refractivity contribution >= 4 is 0 Å². The van der Waals surface area contributed by atoms with Crippen molar-refractivity contribution in [2.24, 2.45) is 0 Å². The Labute approximate surface area is 116 Å². The summed E-state index contributed by atoms with van der Waals surface area (Å²) >= 11 is 0. The van der Waals surface area contributed by atoms with Crippen LogP contribution in [0.15, 0.2) is 18.2 Å². The maximum atomic E-state index is 5.56. The standard InChI is InChI=1S/C17H25NO/c1-2-4-6-16(7-5-3-1)18-13-14-8-9-17-15(12-14)10-11-19-17/h8-9,12,16,18H,1-7,10-11,13H2. The molecule has 0 amide bonds. The average molecular weight is 259 g/mol. The third kappa shape index (κ3) is 3.50. The van der Waals surface area contributed by atoms with E-state index >= 15 is 0 Å². The van der Waals surface area contributed by atoms with Gasteiger partial charge in [0.1, 0.15) is 5.75 Å². The lowest BCUT2D eigenvalue weighted by Crippen LogP contribution is -2.29. The van der Waals surface area contributed by atoms with Gasteiger partial charge in [-0.1, -0.05) is 44.2 Å². The molecule has 2 aliphatic rings. The van der Waals surface area contributed by atoms with Crippen LogP contribution < -0.4 is 10.1 Å². The van der Waals surface area contributed by atoms with E-state index in [1.54, 1.807) is 0 Å². The van der Waals surface area contributed by atoms with E-state index < -0.39 is 0 Å². The topological polar surface area (TPSA) is 21.3 Å². The Morgan fingerprint density at radius 1 is 1.05 bits per heavy atom. The molecule has 1 aromatic carbocycles. The quantitative estimate of drug-likeness (QED) is 0.891. The molecule has 2 heteroatoms. The first-order valence-corrected chi connectivity index (χ1v) is 7.90. The van der Waals surface area contributed by atoms with Gasteiger partial charge in [0.2, 0.25) is 0 Å². The molecule has 1 fully saturated rings. The zero-order valence-corrected chi connectivity index (χ0v) is 11.8. The highest BCUT2D eigenvalue weighted by Gasteiger charge is 2.13. The highest BCUT2D eigenvalue weighted by molar-refractivity contribution is 5.39. The summed E-state index contributed by atoms with van der Waals surface area (Å²) in [5, 5.41) is 3.76. The Balaban J connectivity index is 1.53. The zero-order valence-electron chi connectivity index (χ0n) is 11.8. The molecule has 1 aromatic rings. The van der Waals surface area contributed by atoms with Crippen LogP contribution in [0.25, 0.3) is 0 Å². The van der Waals surface area contributed by atoms with E-state index in [4.69, 9.17) is 4.74 Å². The van der Waals surface area contributed by atoms with Crippen molar-refractivity contribution in [2.45, 2.75) is 64.0 Å². The second-order valence-electron chi connectivity index (χ2n) is 5.96. The second kappa shape index (κ2) is 6.42. The molecular formula is C17H25NO. The summed E-state index contributed by atoms with van der Waals surface area (Å²) < 4.78 is 5.56. The summed E-state index contributed by atoms with van der Waals surface area (Å²) in [6.07, 6.45) is 10.9. The number of hydrogen-bond donors (Lipinski definition) is 1. The summed E-state index contributed by atoms with van der Waals surface area (Å²) in [5.74, 6) is 1.09. The van der Waals surface area contributed by atoms with Crippen LogP contribution in [-0.4, -0.2) is 12.6 Å². The number of fused-ring (bicyclic) bond motifs is 1. The van der Waals surface area contributed by atoms with Crippen molar-refractivity contribution < 1.29 is 4.74 Å². The highest BCUT2D eigenvalue weighted by atomic mass is 16.5. The lowest BCUT2D eigenvalue weighted by Gasteiger charge is -2.21. The molecule has 0 aromatic heterocycles. The lowest BCUT2D eigenvalue weighted by molar-refractivity contribution is 0.356. The molecule has 0 spiro atoms. The summed E-state index contributed by atoms with van der Waals surface area (Å²) in [7, 11) is 0. The predicted molar refractivity (Wildman–Crippen MR) is 78.6 cm³/mol. The van der Waals surface area contributed by atoms with Gasteiger partial charge in [0.15, 0.2) is 0 Å². The molecule has 1 saturated carbocycles. The van der Waals surface area contributed by atoms with Crippen LogP contribution in [0.5, 0.6) is 5.75 Å². The van der Waals surface area contributed by atoms with Crippen molar-refractivity contribution in [1.29, 1.82) is 0 Å². The van der Waals surface area contributed by atoms with Gasteiger partial charge >= 0.3 is 0 Å². The molecular weight excluding hydrogens is 234 g/mol. The minimum Gasteiger partial charge on any atom is -0.493 e. The number of rotatable bonds is 3. The van der Waals surface area contributed by atoms with Gasteiger partial charge in [-0.05, 0) is 30.0 Å². The van der Waals surface area contributed by atoms with E-state index in [1.165, 1.54) is 56.1 Å². The molecule has 2 nitrogen and oxygen atoms in total. The van der Waals surface area contributed by atoms with Gasteiger partial charge in [-0.15, -0.1) is 0 Å². The molecule has 1 aliphatic heterocycles. The Hall–Kier alpha value is -1.02. The predicted octanol–water partition coefficient (Wildman–Crippen LogP) is 3.82. The molecule has 0 unspecified atom stereocenters. The van der Waals surface area contributed by atoms with E-state index in [-0.39, 0.29) is 0 Å². The van der Waals surface area contributed by atoms with Gasteiger partial charge < -0.3 is 10.1 Å². The molecule has 3 rings (SSSR count). The molecule has 0 saturated heterocycles. The Kier molecular flexibility index (Phi) is 4.39. The second-order valence-corrected chi connectivity index (χ2v) is 5.96. The molecule has 1 aliphatic carbocycles. The molecule has 19 heavy (non-hydrogen) atoms. The summed E-state index contributed by atoms with van der Waals surface area (Å²) in [5.41, 5.74) is 2.79. The number of ether oxygens (including phenoxy) is 1.